The van der Waals surface area contributed by atoms with Crippen LogP contribution in [0, 0.1) is 11.8 Å². The predicted octanol–water partition coefficient (Wildman–Crippen LogP) is 5.57. The first-order valence-electron chi connectivity index (χ1n) is 11.6. The van der Waals surface area contributed by atoms with Crippen molar-refractivity contribution in [1.82, 2.24) is 29.1 Å². The third-order valence-electron chi connectivity index (χ3n) is 5.74. The van der Waals surface area contributed by atoms with Crippen molar-refractivity contribution in [2.75, 3.05) is 5.32 Å². The summed E-state index contributed by atoms with van der Waals surface area (Å²) in [6, 6.07) is 11.2. The van der Waals surface area contributed by atoms with Gasteiger partial charge < -0.3 is 9.88 Å². The number of imidazole rings is 2. The summed E-state index contributed by atoms with van der Waals surface area (Å²) in [6.45, 7) is 3.09. The summed E-state index contributed by atoms with van der Waals surface area (Å²) in [5, 5.41) is 7.13. The molecule has 12 heteroatoms. The number of hydrogen-bond acceptors (Lipinski definition) is 5. The first-order valence-corrected chi connectivity index (χ1v) is 11.6. The van der Waals surface area contributed by atoms with Crippen molar-refractivity contribution in [2.45, 2.75) is 32.7 Å². The highest BCUT2D eigenvalue weighted by Gasteiger charge is 2.25. The van der Waals surface area contributed by atoms with E-state index in [9.17, 15) is 22.4 Å². The van der Waals surface area contributed by atoms with Crippen LogP contribution < -0.4 is 5.32 Å². The van der Waals surface area contributed by atoms with Crippen LogP contribution in [0.4, 0.5) is 23.4 Å². The predicted molar refractivity (Wildman–Crippen MR) is 132 cm³/mol. The Kier molecular flexibility index (Phi) is 6.62. The first-order chi connectivity index (χ1) is 18.2. The molecule has 0 aliphatic heterocycles. The van der Waals surface area contributed by atoms with Gasteiger partial charge in [-0.15, -0.1) is 0 Å². The fourth-order valence-corrected chi connectivity index (χ4v) is 4.10. The van der Waals surface area contributed by atoms with E-state index < -0.39 is 30.6 Å². The fraction of sp³-hybridized carbons (Fsp3) is 0.192. The number of nitrogens with one attached hydrogen (secondary N) is 1. The van der Waals surface area contributed by atoms with Gasteiger partial charge >= 0.3 is 0 Å². The van der Waals surface area contributed by atoms with E-state index >= 15 is 0 Å². The van der Waals surface area contributed by atoms with E-state index in [2.05, 4.69) is 25.4 Å². The van der Waals surface area contributed by atoms with E-state index in [0.717, 1.165) is 6.07 Å². The smallest absolute Gasteiger partial charge is 0.257 e. The second kappa shape index (κ2) is 10.0. The minimum atomic E-state index is -2.65. The Morgan fingerprint density at radius 2 is 1.79 bits per heavy atom. The van der Waals surface area contributed by atoms with Crippen LogP contribution in [-0.2, 0) is 6.54 Å². The number of benzene rings is 1. The van der Waals surface area contributed by atoms with Crippen molar-refractivity contribution in [3.63, 3.8) is 0 Å². The summed E-state index contributed by atoms with van der Waals surface area (Å²) in [4.78, 5) is 24.9. The molecule has 0 saturated carbocycles. The van der Waals surface area contributed by atoms with Gasteiger partial charge in [-0.3, -0.25) is 4.79 Å². The summed E-state index contributed by atoms with van der Waals surface area (Å²) in [7, 11) is 0. The van der Waals surface area contributed by atoms with Gasteiger partial charge in [-0.1, -0.05) is 13.8 Å². The van der Waals surface area contributed by atoms with E-state index in [1.54, 1.807) is 12.1 Å². The number of anilines is 1. The van der Waals surface area contributed by atoms with Crippen molar-refractivity contribution in [3.8, 4) is 22.6 Å². The molecule has 0 fully saturated rings. The number of pyridine rings is 1. The van der Waals surface area contributed by atoms with Gasteiger partial charge in [-0.25, -0.2) is 32.6 Å². The van der Waals surface area contributed by atoms with Crippen molar-refractivity contribution >= 4 is 17.4 Å². The lowest BCUT2D eigenvalue weighted by Crippen LogP contribution is -2.13. The van der Waals surface area contributed by atoms with Crippen molar-refractivity contribution < 1.29 is 22.4 Å². The fourth-order valence-electron chi connectivity index (χ4n) is 4.10. The van der Waals surface area contributed by atoms with E-state index in [1.807, 2.05) is 13.8 Å². The summed E-state index contributed by atoms with van der Waals surface area (Å²) >= 11 is 0. The van der Waals surface area contributed by atoms with Crippen molar-refractivity contribution in [3.05, 3.63) is 84.1 Å². The maximum atomic E-state index is 13.7. The Morgan fingerprint density at radius 3 is 2.47 bits per heavy atom. The lowest BCUT2D eigenvalue weighted by atomic mass is 10.1. The van der Waals surface area contributed by atoms with E-state index in [4.69, 9.17) is 0 Å². The summed E-state index contributed by atoms with van der Waals surface area (Å²) in [5.41, 5.74) is 2.02. The van der Waals surface area contributed by atoms with Gasteiger partial charge in [0.05, 0.1) is 24.1 Å². The zero-order chi connectivity index (χ0) is 27.0. The van der Waals surface area contributed by atoms with Crippen LogP contribution in [0.15, 0.2) is 60.9 Å². The topological polar surface area (TPSA) is 90.0 Å². The van der Waals surface area contributed by atoms with Gasteiger partial charge in [0.25, 0.3) is 12.3 Å². The zero-order valence-corrected chi connectivity index (χ0v) is 20.2. The molecule has 38 heavy (non-hydrogen) atoms. The van der Waals surface area contributed by atoms with Gasteiger partial charge in [0.15, 0.2) is 11.5 Å². The third kappa shape index (κ3) is 4.97. The normalized spacial score (nSPS) is 11.6. The molecular weight excluding hydrogens is 502 g/mol. The largest absolute Gasteiger partial charge is 0.320 e. The number of alkyl halides is 2. The van der Waals surface area contributed by atoms with Crippen LogP contribution in [0.1, 0.15) is 35.9 Å². The number of aromatic nitrogens is 6. The number of hydrogen-bond donors (Lipinski definition) is 1. The van der Waals surface area contributed by atoms with Gasteiger partial charge in [-0.2, -0.15) is 9.49 Å². The van der Waals surface area contributed by atoms with Crippen LogP contribution in [0.25, 0.3) is 28.3 Å². The number of nitrogens with zero attached hydrogens (tertiary/aromatic N) is 6. The third-order valence-corrected chi connectivity index (χ3v) is 5.74. The van der Waals surface area contributed by atoms with Gasteiger partial charge in [0, 0.05) is 29.3 Å². The second-order valence-corrected chi connectivity index (χ2v) is 8.80. The lowest BCUT2D eigenvalue weighted by molar-refractivity contribution is 0.102. The Balaban J connectivity index is 1.59. The van der Waals surface area contributed by atoms with Gasteiger partial charge in [0.2, 0.25) is 5.95 Å². The molecule has 4 aromatic heterocycles. The average molecular weight is 523 g/mol. The van der Waals surface area contributed by atoms with Crippen molar-refractivity contribution in [1.29, 1.82) is 0 Å². The minimum absolute atomic E-state index is 0.0595. The van der Waals surface area contributed by atoms with Crippen LogP contribution in [0.3, 0.4) is 0 Å². The number of carbonyl (C=O) groups is 1. The number of rotatable bonds is 7. The maximum absolute atomic E-state index is 13.7. The molecule has 4 heterocycles. The highest BCUT2D eigenvalue weighted by Crippen LogP contribution is 2.35. The number of carbonyl (C=O) groups excluding carboxylic acids is 1. The quantitative estimate of drug-likeness (QED) is 0.222. The average Bonchev–Trinajstić information content (AvgIpc) is 3.44. The monoisotopic (exact) mass is 523 g/mol. The molecule has 0 unspecified atom stereocenters. The second-order valence-electron chi connectivity index (χ2n) is 8.80. The number of amides is 1. The molecule has 1 aromatic carbocycles. The molecular formula is C26H21F4N7O. The Morgan fingerprint density at radius 1 is 1.03 bits per heavy atom. The maximum Gasteiger partial charge on any atom is 0.257 e. The van der Waals surface area contributed by atoms with Crippen LogP contribution in [-0.4, -0.2) is 41.5 Å². The number of fused-ring (bicyclic) bond motifs is 1. The molecule has 194 valence electrons. The summed E-state index contributed by atoms with van der Waals surface area (Å²) in [6.07, 6.45) is -0.0319. The van der Waals surface area contributed by atoms with Crippen LogP contribution in [0.2, 0.25) is 0 Å². The molecule has 0 atom stereocenters. The molecule has 1 N–H and O–H groups in total. The van der Waals surface area contributed by atoms with E-state index in [1.165, 1.54) is 51.8 Å². The Hall–Kier alpha value is -4.61. The SMILES string of the molecule is CC(C)c1nc(-c2ccc(F)cc2)c(-c2ccc3nc(NC(=O)c4ccnc(F)c4)cn3n2)n1CC(F)F. The van der Waals surface area contributed by atoms with Crippen molar-refractivity contribution in [2.24, 2.45) is 0 Å². The molecule has 5 aromatic rings. The van der Waals surface area contributed by atoms with E-state index in [0.29, 0.717) is 34.1 Å². The lowest BCUT2D eigenvalue weighted by Gasteiger charge is -2.13. The van der Waals surface area contributed by atoms with Gasteiger partial charge in [-0.05, 0) is 42.5 Å². The molecule has 0 saturated heterocycles. The van der Waals surface area contributed by atoms with Gasteiger partial charge in [0.1, 0.15) is 17.3 Å². The molecule has 0 spiro atoms. The summed E-state index contributed by atoms with van der Waals surface area (Å²) in [5.74, 6) is -1.42. The van der Waals surface area contributed by atoms with Crippen LogP contribution in [0.5, 0.6) is 0 Å². The highest BCUT2D eigenvalue weighted by molar-refractivity contribution is 6.03. The van der Waals surface area contributed by atoms with E-state index in [-0.39, 0.29) is 17.3 Å². The first kappa shape index (κ1) is 25.1. The Bertz CT molecular complexity index is 1630. The Labute approximate surface area is 214 Å². The zero-order valence-electron chi connectivity index (χ0n) is 20.2. The summed E-state index contributed by atoms with van der Waals surface area (Å²) < 4.78 is 57.1. The molecule has 8 nitrogen and oxygen atoms in total. The van der Waals surface area contributed by atoms with Crippen LogP contribution >= 0.6 is 0 Å². The molecule has 5 rings (SSSR count). The standard InChI is InChI=1S/C26H21F4N7O/c1-14(2)25-34-23(15-3-5-17(27)6-4-15)24(36(25)12-19(28)29)18-7-8-22-32-21(13-37(22)35-18)33-26(38)16-9-10-31-20(30)11-16/h3-11,13-14,19H,12H2,1-2H3,(H,33,38). The highest BCUT2D eigenvalue weighted by atomic mass is 19.3. The molecule has 0 aliphatic rings. The molecule has 1 amide bonds. The molecule has 0 bridgehead atoms. The number of halogens is 4. The molecule has 0 aliphatic carbocycles. The molecule has 0 radical (unpaired) electrons. The minimum Gasteiger partial charge on any atom is -0.320 e.